The minimum absolute atomic E-state index is 0.0594. The summed E-state index contributed by atoms with van der Waals surface area (Å²) in [4.78, 5) is 2.19. The number of nitrogens with two attached hydrogens (primary N) is 1. The van der Waals surface area contributed by atoms with Crippen molar-refractivity contribution in [1.82, 2.24) is 4.90 Å². The predicted molar refractivity (Wildman–Crippen MR) is 45.4 cm³/mol. The zero-order valence-corrected chi connectivity index (χ0v) is 7.21. The molecule has 1 rings (SSSR count). The first kappa shape index (κ1) is 8.97. The van der Waals surface area contributed by atoms with E-state index in [0.717, 1.165) is 32.5 Å². The molecule has 3 nitrogen and oxygen atoms in total. The number of likely N-dealkylation sites (tertiary alicyclic amines) is 1. The molecule has 1 heterocycles. The van der Waals surface area contributed by atoms with Crippen LogP contribution in [0.15, 0.2) is 0 Å². The van der Waals surface area contributed by atoms with Gasteiger partial charge in [-0.05, 0) is 6.42 Å². The van der Waals surface area contributed by atoms with Gasteiger partial charge in [-0.2, -0.15) is 0 Å². The number of nitrogens with zero attached hydrogens (tertiary/aromatic N) is 1. The maximum atomic E-state index is 8.62. The Labute approximate surface area is 68.2 Å². The SMILES string of the molecule is CCCC1(N)CN(CCO)C1. The summed E-state index contributed by atoms with van der Waals surface area (Å²) >= 11 is 0. The van der Waals surface area contributed by atoms with Gasteiger partial charge >= 0.3 is 0 Å². The topological polar surface area (TPSA) is 49.5 Å². The lowest BCUT2D eigenvalue weighted by Gasteiger charge is -2.47. The van der Waals surface area contributed by atoms with Crippen LogP contribution in [0.3, 0.4) is 0 Å². The lowest BCUT2D eigenvalue weighted by atomic mass is 9.86. The lowest BCUT2D eigenvalue weighted by molar-refractivity contribution is 0.0481. The number of hydrogen-bond acceptors (Lipinski definition) is 3. The van der Waals surface area contributed by atoms with Gasteiger partial charge in [0.25, 0.3) is 0 Å². The average Bonchev–Trinajstić information content (AvgIpc) is 1.85. The first-order valence-corrected chi connectivity index (χ1v) is 4.32. The summed E-state index contributed by atoms with van der Waals surface area (Å²) in [6.45, 7) is 5.11. The molecule has 0 aromatic rings. The number of rotatable bonds is 4. The summed E-state index contributed by atoms with van der Waals surface area (Å²) < 4.78 is 0. The van der Waals surface area contributed by atoms with Crippen LogP contribution >= 0.6 is 0 Å². The largest absolute Gasteiger partial charge is 0.395 e. The van der Waals surface area contributed by atoms with Crippen LogP contribution in [0, 0.1) is 0 Å². The van der Waals surface area contributed by atoms with Gasteiger partial charge in [-0.1, -0.05) is 13.3 Å². The van der Waals surface area contributed by atoms with Crippen LogP contribution in [0.2, 0.25) is 0 Å². The molecule has 3 heteroatoms. The molecule has 0 aliphatic carbocycles. The van der Waals surface area contributed by atoms with Gasteiger partial charge in [0.1, 0.15) is 0 Å². The molecular formula is C8H18N2O. The Kier molecular flexibility index (Phi) is 2.87. The first-order chi connectivity index (χ1) is 5.20. The van der Waals surface area contributed by atoms with Gasteiger partial charge in [-0.15, -0.1) is 0 Å². The van der Waals surface area contributed by atoms with Crippen LogP contribution in [0.1, 0.15) is 19.8 Å². The van der Waals surface area contributed by atoms with Crippen molar-refractivity contribution < 1.29 is 5.11 Å². The molecule has 0 atom stereocenters. The highest BCUT2D eigenvalue weighted by Crippen LogP contribution is 2.22. The normalized spacial score (nSPS) is 23.2. The standard InChI is InChI=1S/C8H18N2O/c1-2-3-8(9)6-10(7-8)4-5-11/h11H,2-7,9H2,1H3. The molecule has 0 amide bonds. The molecular weight excluding hydrogens is 140 g/mol. The van der Waals surface area contributed by atoms with Gasteiger partial charge in [-0.25, -0.2) is 0 Å². The van der Waals surface area contributed by atoms with Crippen LogP contribution in [0.5, 0.6) is 0 Å². The van der Waals surface area contributed by atoms with Crippen LogP contribution in [-0.2, 0) is 0 Å². The van der Waals surface area contributed by atoms with E-state index in [9.17, 15) is 0 Å². The molecule has 66 valence electrons. The number of hydrogen-bond donors (Lipinski definition) is 2. The van der Waals surface area contributed by atoms with Crippen molar-refractivity contribution >= 4 is 0 Å². The smallest absolute Gasteiger partial charge is 0.0558 e. The Bertz CT molecular complexity index is 121. The Balaban J connectivity index is 2.15. The molecule has 1 aliphatic heterocycles. The average molecular weight is 158 g/mol. The molecule has 1 saturated heterocycles. The first-order valence-electron chi connectivity index (χ1n) is 4.32. The molecule has 0 bridgehead atoms. The summed E-state index contributed by atoms with van der Waals surface area (Å²) in [5.74, 6) is 0. The maximum Gasteiger partial charge on any atom is 0.0558 e. The van der Waals surface area contributed by atoms with E-state index in [2.05, 4.69) is 11.8 Å². The summed E-state index contributed by atoms with van der Waals surface area (Å²) in [7, 11) is 0. The molecule has 0 aromatic heterocycles. The lowest BCUT2D eigenvalue weighted by Crippen LogP contribution is -2.67. The summed E-state index contributed by atoms with van der Waals surface area (Å²) in [5.41, 5.74) is 6.07. The molecule has 0 unspecified atom stereocenters. The summed E-state index contributed by atoms with van der Waals surface area (Å²) in [6, 6.07) is 0. The fourth-order valence-electron chi connectivity index (χ4n) is 1.80. The van der Waals surface area contributed by atoms with E-state index in [1.807, 2.05) is 0 Å². The highest BCUT2D eigenvalue weighted by molar-refractivity contribution is 4.99. The number of aliphatic hydroxyl groups is 1. The van der Waals surface area contributed by atoms with Crippen molar-refractivity contribution in [2.75, 3.05) is 26.2 Å². The van der Waals surface area contributed by atoms with Gasteiger partial charge in [-0.3, -0.25) is 4.90 Å². The molecule has 0 spiro atoms. The van der Waals surface area contributed by atoms with Crippen molar-refractivity contribution in [3.8, 4) is 0 Å². The van der Waals surface area contributed by atoms with Crippen LogP contribution < -0.4 is 5.73 Å². The Morgan fingerprint density at radius 1 is 1.55 bits per heavy atom. The zero-order valence-electron chi connectivity index (χ0n) is 7.21. The minimum atomic E-state index is 0.0594. The molecule has 0 radical (unpaired) electrons. The number of aliphatic hydroxyl groups excluding tert-OH is 1. The van der Waals surface area contributed by atoms with Crippen molar-refractivity contribution in [1.29, 1.82) is 0 Å². The highest BCUT2D eigenvalue weighted by atomic mass is 16.3. The van der Waals surface area contributed by atoms with Gasteiger partial charge < -0.3 is 10.8 Å². The van der Waals surface area contributed by atoms with Crippen LogP contribution in [0.25, 0.3) is 0 Å². The second kappa shape index (κ2) is 3.52. The molecule has 1 fully saturated rings. The van der Waals surface area contributed by atoms with E-state index in [0.29, 0.717) is 0 Å². The molecule has 0 aromatic carbocycles. The Morgan fingerprint density at radius 2 is 2.18 bits per heavy atom. The second-order valence-electron chi connectivity index (χ2n) is 3.55. The molecule has 11 heavy (non-hydrogen) atoms. The van der Waals surface area contributed by atoms with Crippen molar-refractivity contribution in [3.05, 3.63) is 0 Å². The van der Waals surface area contributed by atoms with E-state index in [-0.39, 0.29) is 12.1 Å². The third-order valence-corrected chi connectivity index (χ3v) is 2.24. The van der Waals surface area contributed by atoms with Crippen LogP contribution in [-0.4, -0.2) is 41.8 Å². The zero-order chi connectivity index (χ0) is 8.32. The van der Waals surface area contributed by atoms with E-state index in [4.69, 9.17) is 10.8 Å². The fraction of sp³-hybridized carbons (Fsp3) is 1.00. The van der Waals surface area contributed by atoms with E-state index < -0.39 is 0 Å². The highest BCUT2D eigenvalue weighted by Gasteiger charge is 2.37. The van der Waals surface area contributed by atoms with Gasteiger partial charge in [0.2, 0.25) is 0 Å². The minimum Gasteiger partial charge on any atom is -0.395 e. The third kappa shape index (κ3) is 2.15. The summed E-state index contributed by atoms with van der Waals surface area (Å²) in [5, 5.41) is 8.62. The van der Waals surface area contributed by atoms with Gasteiger partial charge in [0, 0.05) is 25.2 Å². The molecule has 0 saturated carbocycles. The quantitative estimate of drug-likeness (QED) is 0.595. The van der Waals surface area contributed by atoms with E-state index in [1.165, 1.54) is 0 Å². The van der Waals surface area contributed by atoms with Crippen molar-refractivity contribution in [3.63, 3.8) is 0 Å². The van der Waals surface area contributed by atoms with Gasteiger partial charge in [0.05, 0.1) is 6.61 Å². The fourth-order valence-corrected chi connectivity index (χ4v) is 1.80. The summed E-state index contributed by atoms with van der Waals surface area (Å²) in [6.07, 6.45) is 2.26. The van der Waals surface area contributed by atoms with Crippen LogP contribution in [0.4, 0.5) is 0 Å². The van der Waals surface area contributed by atoms with Gasteiger partial charge in [0.15, 0.2) is 0 Å². The van der Waals surface area contributed by atoms with Crippen molar-refractivity contribution in [2.24, 2.45) is 5.73 Å². The Morgan fingerprint density at radius 3 is 2.64 bits per heavy atom. The maximum absolute atomic E-state index is 8.62. The second-order valence-corrected chi connectivity index (χ2v) is 3.55. The molecule has 1 aliphatic rings. The third-order valence-electron chi connectivity index (χ3n) is 2.24. The predicted octanol–water partition coefficient (Wildman–Crippen LogP) is -0.208. The Hall–Kier alpha value is -0.120. The number of β-amino-alcohol motifs (C(OH)–C–C–N with tert-alkyl or cyclic N) is 1. The van der Waals surface area contributed by atoms with E-state index in [1.54, 1.807) is 0 Å². The molecule has 3 N–H and O–H groups in total. The van der Waals surface area contributed by atoms with Crippen molar-refractivity contribution in [2.45, 2.75) is 25.3 Å². The van der Waals surface area contributed by atoms with E-state index >= 15 is 0 Å². The monoisotopic (exact) mass is 158 g/mol.